The summed E-state index contributed by atoms with van der Waals surface area (Å²) in [7, 11) is 0. The van der Waals surface area contributed by atoms with Crippen LogP contribution in [-0.2, 0) is 35.4 Å². The summed E-state index contributed by atoms with van der Waals surface area (Å²) in [6, 6.07) is 12.7. The fourth-order valence-electron chi connectivity index (χ4n) is 9.55. The molecule has 3 atom stereocenters. The second-order valence-corrected chi connectivity index (χ2v) is 17.7. The van der Waals surface area contributed by atoms with E-state index in [-0.39, 0.29) is 30.0 Å². The van der Waals surface area contributed by atoms with Crippen molar-refractivity contribution in [3.8, 4) is 11.1 Å². The fraction of sp³-hybridized carbons (Fsp3) is 0.349. The summed E-state index contributed by atoms with van der Waals surface area (Å²) in [5, 5.41) is 10.0. The van der Waals surface area contributed by atoms with Crippen molar-refractivity contribution < 1.29 is 40.3 Å². The lowest BCUT2D eigenvalue weighted by Gasteiger charge is -2.35. The van der Waals surface area contributed by atoms with Crippen LogP contribution in [0.25, 0.3) is 21.5 Å². The molecule has 3 fully saturated rings. The number of carbonyl (C=O) groups excluding carboxylic acids is 2. The highest BCUT2D eigenvalue weighted by Crippen LogP contribution is 2.68. The molecular formula is C43H34F7N9O2S. The van der Waals surface area contributed by atoms with E-state index in [0.29, 0.717) is 69.1 Å². The zero-order valence-corrected chi connectivity index (χ0v) is 33.3. The van der Waals surface area contributed by atoms with E-state index >= 15 is 8.78 Å². The number of aromatic nitrogens is 5. The van der Waals surface area contributed by atoms with Gasteiger partial charge < -0.3 is 20.4 Å². The van der Waals surface area contributed by atoms with Crippen LogP contribution < -0.4 is 20.4 Å². The van der Waals surface area contributed by atoms with Gasteiger partial charge in [-0.25, -0.2) is 13.8 Å². The first-order valence-electron chi connectivity index (χ1n) is 20.1. The highest BCUT2D eigenvalue weighted by atomic mass is 32.1. The summed E-state index contributed by atoms with van der Waals surface area (Å²) < 4.78 is 104. The lowest BCUT2D eigenvalue weighted by atomic mass is 9.92. The first kappa shape index (κ1) is 38.8. The molecule has 6 aromatic rings. The summed E-state index contributed by atoms with van der Waals surface area (Å²) in [6.07, 6.45) is -0.374. The number of fused-ring (bicyclic) bond motifs is 6. The number of nitrogens with one attached hydrogen (secondary N) is 2. The largest absolute Gasteiger partial charge is 0.435 e. The van der Waals surface area contributed by atoms with Gasteiger partial charge in [0.1, 0.15) is 23.9 Å². The second-order valence-electron chi connectivity index (χ2n) is 16.7. The summed E-state index contributed by atoms with van der Waals surface area (Å²) in [6.45, 7) is 1.69. The second kappa shape index (κ2) is 13.7. The van der Waals surface area contributed by atoms with Gasteiger partial charge in [-0.15, -0.1) is 0 Å². The number of carbonyl (C=O) groups is 2. The molecule has 6 heterocycles. The lowest BCUT2D eigenvalue weighted by molar-refractivity contribution is -0.142. The highest BCUT2D eigenvalue weighted by molar-refractivity contribution is 7.22. The minimum absolute atomic E-state index is 0.0987. The molecule has 2 aliphatic heterocycles. The number of pyridine rings is 2. The van der Waals surface area contributed by atoms with Gasteiger partial charge >= 0.3 is 6.18 Å². The summed E-state index contributed by atoms with van der Waals surface area (Å²) in [5.41, 5.74) is 0.500. The normalized spacial score (nSPS) is 20.9. The van der Waals surface area contributed by atoms with Gasteiger partial charge in [-0.2, -0.15) is 32.0 Å². The molecule has 62 heavy (non-hydrogen) atoms. The van der Waals surface area contributed by atoms with E-state index in [0.717, 1.165) is 36.2 Å². The lowest BCUT2D eigenvalue weighted by Crippen LogP contribution is -2.46. The van der Waals surface area contributed by atoms with Crippen LogP contribution in [0, 0.1) is 17.6 Å². The Morgan fingerprint density at radius 3 is 2.37 bits per heavy atom. The number of hydrogen-bond donors (Lipinski definition) is 2. The Labute approximate surface area is 352 Å². The maximum absolute atomic E-state index is 15.5. The van der Waals surface area contributed by atoms with Crippen LogP contribution in [0.1, 0.15) is 75.4 Å². The highest BCUT2D eigenvalue weighted by Gasteiger charge is 2.68. The molecule has 11 nitrogen and oxygen atoms in total. The van der Waals surface area contributed by atoms with Crippen LogP contribution in [0.5, 0.6) is 0 Å². The zero-order chi connectivity index (χ0) is 42.9. The first-order valence-corrected chi connectivity index (χ1v) is 21.0. The topological polar surface area (TPSA) is 121 Å². The van der Waals surface area contributed by atoms with Crippen molar-refractivity contribution in [1.29, 1.82) is 0 Å². The van der Waals surface area contributed by atoms with E-state index in [4.69, 9.17) is 9.97 Å². The number of anilines is 2. The van der Waals surface area contributed by atoms with Crippen molar-refractivity contribution in [2.75, 3.05) is 36.0 Å². The van der Waals surface area contributed by atoms with Crippen molar-refractivity contribution >= 4 is 44.3 Å². The third kappa shape index (κ3) is 6.45. The smallest absolute Gasteiger partial charge is 0.368 e. The molecule has 0 bridgehead atoms. The minimum Gasteiger partial charge on any atom is -0.368 e. The van der Waals surface area contributed by atoms with Crippen LogP contribution in [0.4, 0.5) is 41.6 Å². The van der Waals surface area contributed by atoms with E-state index < -0.39 is 76.6 Å². The van der Waals surface area contributed by atoms with Gasteiger partial charge in [-0.3, -0.25) is 19.3 Å². The zero-order valence-electron chi connectivity index (χ0n) is 32.4. The molecule has 2 aromatic carbocycles. The number of rotatable bonds is 9. The van der Waals surface area contributed by atoms with E-state index in [9.17, 15) is 31.5 Å². The van der Waals surface area contributed by atoms with Crippen LogP contribution in [0.15, 0.2) is 67.0 Å². The van der Waals surface area contributed by atoms with Gasteiger partial charge in [-0.1, -0.05) is 23.5 Å². The molecule has 1 unspecified atom stereocenters. The van der Waals surface area contributed by atoms with Crippen molar-refractivity contribution in [3.05, 3.63) is 118 Å². The van der Waals surface area contributed by atoms with E-state index in [2.05, 4.69) is 30.5 Å². The summed E-state index contributed by atoms with van der Waals surface area (Å²) in [5.74, 6) is -8.99. The van der Waals surface area contributed by atoms with E-state index in [1.807, 2.05) is 30.3 Å². The van der Waals surface area contributed by atoms with Crippen molar-refractivity contribution in [2.24, 2.45) is 5.92 Å². The number of amides is 2. The van der Waals surface area contributed by atoms with Crippen LogP contribution in [0.3, 0.4) is 0 Å². The molecule has 1 saturated heterocycles. The number of piperazine rings is 1. The molecule has 0 radical (unpaired) electrons. The first-order chi connectivity index (χ1) is 29.6. The Morgan fingerprint density at radius 2 is 1.66 bits per heavy atom. The molecular weight excluding hydrogens is 840 g/mol. The Bertz CT molecular complexity index is 2820. The predicted octanol–water partition coefficient (Wildman–Crippen LogP) is 7.62. The molecule has 2 amide bonds. The number of thiazole rings is 1. The number of nitrogens with zero attached hydrogens (tertiary/aromatic N) is 7. The molecule has 19 heteroatoms. The number of hydrogen-bond acceptors (Lipinski definition) is 9. The van der Waals surface area contributed by atoms with Gasteiger partial charge in [0.15, 0.2) is 16.5 Å². The van der Waals surface area contributed by atoms with Crippen molar-refractivity contribution in [3.63, 3.8) is 0 Å². The fourth-order valence-corrected chi connectivity index (χ4v) is 10.5. The van der Waals surface area contributed by atoms with Crippen LogP contribution in [0.2, 0.25) is 0 Å². The van der Waals surface area contributed by atoms with Crippen LogP contribution >= 0.6 is 11.3 Å². The van der Waals surface area contributed by atoms with Gasteiger partial charge in [0.25, 0.3) is 11.8 Å². The average Bonchev–Trinajstić information content (AvgIpc) is 4.07. The van der Waals surface area contributed by atoms with Gasteiger partial charge in [-0.05, 0) is 84.7 Å². The van der Waals surface area contributed by atoms with Gasteiger partial charge in [0, 0.05) is 72.9 Å². The minimum atomic E-state index is -5.04. The van der Waals surface area contributed by atoms with E-state index in [1.54, 1.807) is 18.5 Å². The third-order valence-corrected chi connectivity index (χ3v) is 13.7. The molecule has 3 aliphatic carbocycles. The maximum Gasteiger partial charge on any atom is 0.435 e. The van der Waals surface area contributed by atoms with Crippen LogP contribution in [-0.4, -0.2) is 62.7 Å². The van der Waals surface area contributed by atoms with Crippen molar-refractivity contribution in [1.82, 2.24) is 35.4 Å². The van der Waals surface area contributed by atoms with Gasteiger partial charge in [0.05, 0.1) is 22.0 Å². The Kier molecular flexibility index (Phi) is 8.57. The predicted molar refractivity (Wildman–Crippen MR) is 213 cm³/mol. The number of alkyl halides is 5. The molecule has 11 rings (SSSR count). The molecule has 1 spiro atoms. The maximum atomic E-state index is 15.5. The molecule has 2 N–H and O–H groups in total. The third-order valence-electron chi connectivity index (χ3n) is 12.7. The molecule has 318 valence electrons. The standard InChI is InChI=1S/C43H34F7N9O2S/c44-23-13-21(14-24(45)17-23)15-31(52-33(60)20-59-37-34(36(56-59)43(48,49)50)27-18-30(27)42(37,46)47)35-26(22-1-2-29-28(16-22)39(61)55-41(29)5-6-41)19-32-38(53-35)54-40(62-32)58-11-9-57(10-12-58)25-3-7-51-8-4-25/h1-4,7-8,13-14,16-17,19,27,30-31H,5-6,9-12,15,18,20H2,(H,52,60)(H,55,61)/t27-,30?,31-/m0/s1. The summed E-state index contributed by atoms with van der Waals surface area (Å²) in [4.78, 5) is 45.7. The molecule has 2 saturated carbocycles. The monoisotopic (exact) mass is 873 g/mol. The quantitative estimate of drug-likeness (QED) is 0.143. The number of benzene rings is 2. The van der Waals surface area contributed by atoms with Gasteiger partial charge in [0.2, 0.25) is 5.91 Å². The average molecular weight is 874 g/mol. The number of halogens is 7. The Balaban J connectivity index is 0.994. The Hall–Kier alpha value is -6.11. The molecule has 4 aromatic heterocycles. The molecule has 5 aliphatic rings. The summed E-state index contributed by atoms with van der Waals surface area (Å²) >= 11 is 1.39. The van der Waals surface area contributed by atoms with Crippen molar-refractivity contribution in [2.45, 2.75) is 61.8 Å². The van der Waals surface area contributed by atoms with E-state index in [1.165, 1.54) is 11.3 Å². The Morgan fingerprint density at radius 1 is 0.935 bits per heavy atom. The SMILES string of the molecule is O=C(Cn1nc(C(F)(F)F)c2c1C(F)(F)C1C[C@H]21)N[C@@H](Cc1cc(F)cc(F)c1)c1nc2nc(N3CCN(c4ccncc4)CC3)sc2cc1-c1ccc2c(c1)C(=O)NC21CC1.